The van der Waals surface area contributed by atoms with Gasteiger partial charge in [-0.25, -0.2) is 0 Å². The molecular formula is C82H52O. The van der Waals surface area contributed by atoms with Crippen LogP contribution in [-0.4, -0.2) is 0 Å². The van der Waals surface area contributed by atoms with Crippen molar-refractivity contribution >= 4 is 97.3 Å². The topological polar surface area (TPSA) is 13.1 Å². The summed E-state index contributed by atoms with van der Waals surface area (Å²) in [5.74, 6) is 0. The van der Waals surface area contributed by atoms with E-state index >= 15 is 0 Å². The first-order valence-electron chi connectivity index (χ1n) is 28.6. The van der Waals surface area contributed by atoms with Gasteiger partial charge in [0.05, 0.1) is 0 Å². The van der Waals surface area contributed by atoms with Crippen LogP contribution in [0.5, 0.6) is 0 Å². The quantitative estimate of drug-likeness (QED) is 0.151. The predicted molar refractivity (Wildman–Crippen MR) is 355 cm³/mol. The summed E-state index contributed by atoms with van der Waals surface area (Å²) in [5.41, 5.74) is 16.8. The lowest BCUT2D eigenvalue weighted by molar-refractivity contribution is 0.669. The summed E-state index contributed by atoms with van der Waals surface area (Å²) in [6, 6.07) is 114. The number of fused-ring (bicyclic) bond motifs is 10. The number of furan rings is 1. The van der Waals surface area contributed by atoms with Crippen molar-refractivity contribution in [2.45, 2.75) is 0 Å². The van der Waals surface area contributed by atoms with Gasteiger partial charge in [-0.1, -0.05) is 285 Å². The van der Waals surface area contributed by atoms with Crippen molar-refractivity contribution in [3.63, 3.8) is 0 Å². The summed E-state index contributed by atoms with van der Waals surface area (Å²) in [6.45, 7) is 0. The molecular weight excluding hydrogens is 1000 g/mol. The second-order valence-electron chi connectivity index (χ2n) is 21.8. The molecule has 0 aliphatic heterocycles. The standard InChI is InChI=1S/C42H26O.C40H26/c1-2-12-27(13-3-1)28-16-10-17-31(24-28)40-32-18-6-8-20-34(32)41(35-21-9-7-19-33(35)40)36-22-11-23-38-42(36)37-25-29-14-4-5-15-30(29)26-39(37)43-38;1-2-12-31-26-32(25-22-27(31)10-1)28-20-23-30(24-21-28)39-35-15-5-7-17-37(35)40(38-18-8-6-16-36(38)39)34-19-9-13-29-11-3-4-14-33(29)34/h1-26H;1-26H. The van der Waals surface area contributed by atoms with Gasteiger partial charge in [0.2, 0.25) is 0 Å². The van der Waals surface area contributed by atoms with Crippen molar-refractivity contribution < 1.29 is 4.42 Å². The lowest BCUT2D eigenvalue weighted by Crippen LogP contribution is -1.91. The number of rotatable bonds is 6. The molecule has 0 radical (unpaired) electrons. The molecule has 0 bridgehead atoms. The van der Waals surface area contributed by atoms with Gasteiger partial charge in [0.25, 0.3) is 0 Å². The Bertz CT molecular complexity index is 5260. The second-order valence-corrected chi connectivity index (χ2v) is 21.8. The minimum atomic E-state index is 0.913. The van der Waals surface area contributed by atoms with Crippen molar-refractivity contribution in [2.24, 2.45) is 0 Å². The van der Waals surface area contributed by atoms with Crippen LogP contribution in [0.25, 0.3) is 164 Å². The molecule has 1 aromatic heterocycles. The van der Waals surface area contributed by atoms with Crippen molar-refractivity contribution in [1.29, 1.82) is 0 Å². The number of benzene rings is 16. The van der Waals surface area contributed by atoms with E-state index in [1.807, 2.05) is 0 Å². The molecule has 0 amide bonds. The lowest BCUT2D eigenvalue weighted by atomic mass is 9.84. The van der Waals surface area contributed by atoms with Crippen LogP contribution < -0.4 is 0 Å². The Labute approximate surface area is 481 Å². The third kappa shape index (κ3) is 8.24. The average Bonchev–Trinajstić information content (AvgIpc) is 2.94. The lowest BCUT2D eigenvalue weighted by Gasteiger charge is -2.19. The van der Waals surface area contributed by atoms with Crippen LogP contribution in [-0.2, 0) is 0 Å². The normalized spacial score (nSPS) is 11.6. The molecule has 0 unspecified atom stereocenters. The van der Waals surface area contributed by atoms with Crippen LogP contribution in [0.1, 0.15) is 0 Å². The van der Waals surface area contributed by atoms with Gasteiger partial charge < -0.3 is 4.42 Å². The summed E-state index contributed by atoms with van der Waals surface area (Å²) in [4.78, 5) is 0. The maximum atomic E-state index is 6.50. The van der Waals surface area contributed by atoms with E-state index < -0.39 is 0 Å². The molecule has 0 saturated heterocycles. The minimum Gasteiger partial charge on any atom is -0.456 e. The molecule has 1 nitrogen and oxygen atoms in total. The molecule has 0 aliphatic carbocycles. The Morgan fingerprint density at radius 3 is 1.18 bits per heavy atom. The maximum Gasteiger partial charge on any atom is 0.136 e. The van der Waals surface area contributed by atoms with Crippen LogP contribution in [0.3, 0.4) is 0 Å². The van der Waals surface area contributed by atoms with Crippen LogP contribution in [0.15, 0.2) is 320 Å². The molecule has 0 saturated carbocycles. The van der Waals surface area contributed by atoms with E-state index in [0.717, 1.165) is 21.9 Å². The first kappa shape index (κ1) is 48.1. The third-order valence-electron chi connectivity index (χ3n) is 17.1. The second kappa shape index (κ2) is 20.0. The number of hydrogen-bond donors (Lipinski definition) is 0. The van der Waals surface area contributed by atoms with Crippen molar-refractivity contribution in [1.82, 2.24) is 0 Å². The van der Waals surface area contributed by atoms with Gasteiger partial charge in [0.15, 0.2) is 0 Å². The van der Waals surface area contributed by atoms with Gasteiger partial charge in [0.1, 0.15) is 11.2 Å². The van der Waals surface area contributed by atoms with E-state index in [9.17, 15) is 0 Å². The molecule has 1 heterocycles. The Kier molecular flexibility index (Phi) is 11.6. The van der Waals surface area contributed by atoms with Crippen molar-refractivity contribution in [3.05, 3.63) is 315 Å². The molecule has 0 spiro atoms. The molecule has 0 atom stereocenters. The Balaban J connectivity index is 0.000000137. The Morgan fingerprint density at radius 1 is 0.169 bits per heavy atom. The summed E-state index contributed by atoms with van der Waals surface area (Å²) >= 11 is 0. The number of hydrogen-bond acceptors (Lipinski definition) is 1. The molecule has 17 aromatic rings. The first-order valence-corrected chi connectivity index (χ1v) is 28.6. The Hall–Kier alpha value is -10.9. The fourth-order valence-electron chi connectivity index (χ4n) is 13.3. The summed E-state index contributed by atoms with van der Waals surface area (Å²) in [7, 11) is 0. The van der Waals surface area contributed by atoms with Gasteiger partial charge in [0, 0.05) is 10.8 Å². The van der Waals surface area contributed by atoms with Gasteiger partial charge in [-0.05, 0) is 173 Å². The average molecular weight is 1050 g/mol. The third-order valence-corrected chi connectivity index (χ3v) is 17.1. The van der Waals surface area contributed by atoms with E-state index in [2.05, 4.69) is 315 Å². The molecule has 0 N–H and O–H groups in total. The summed E-state index contributed by atoms with van der Waals surface area (Å²) in [5, 5.41) is 19.9. The highest BCUT2D eigenvalue weighted by molar-refractivity contribution is 6.27. The fourth-order valence-corrected chi connectivity index (χ4v) is 13.3. The van der Waals surface area contributed by atoms with E-state index in [4.69, 9.17) is 4.42 Å². The van der Waals surface area contributed by atoms with Gasteiger partial charge in [-0.3, -0.25) is 0 Å². The molecule has 0 aliphatic rings. The van der Waals surface area contributed by atoms with E-state index in [0.29, 0.717) is 0 Å². The van der Waals surface area contributed by atoms with E-state index in [-0.39, 0.29) is 0 Å². The fraction of sp³-hybridized carbons (Fsp3) is 0. The SMILES string of the molecule is c1ccc(-c2cccc(-c3c4ccccc4c(-c4cccc5oc6cc7ccccc7cc6c45)c4ccccc34)c2)cc1.c1ccc2cc(-c3ccc(-c4c5ccccc5c(-c5cccc6ccccc56)c5ccccc45)cc3)ccc2c1. The highest BCUT2D eigenvalue weighted by Crippen LogP contribution is 2.49. The summed E-state index contributed by atoms with van der Waals surface area (Å²) < 4.78 is 6.50. The molecule has 83 heavy (non-hydrogen) atoms. The highest BCUT2D eigenvalue weighted by Gasteiger charge is 2.22. The van der Waals surface area contributed by atoms with Crippen LogP contribution in [0.4, 0.5) is 0 Å². The van der Waals surface area contributed by atoms with E-state index in [1.165, 1.54) is 142 Å². The monoisotopic (exact) mass is 1050 g/mol. The van der Waals surface area contributed by atoms with Crippen molar-refractivity contribution in [3.8, 4) is 66.8 Å². The zero-order valence-corrected chi connectivity index (χ0v) is 45.4. The van der Waals surface area contributed by atoms with E-state index in [1.54, 1.807) is 0 Å². The van der Waals surface area contributed by atoms with Crippen LogP contribution >= 0.6 is 0 Å². The first-order chi connectivity index (χ1) is 41.2. The van der Waals surface area contributed by atoms with Gasteiger partial charge in [-0.2, -0.15) is 0 Å². The molecule has 17 rings (SSSR count). The van der Waals surface area contributed by atoms with Gasteiger partial charge in [-0.15, -0.1) is 0 Å². The van der Waals surface area contributed by atoms with Crippen LogP contribution in [0.2, 0.25) is 0 Å². The molecule has 0 fully saturated rings. The zero-order valence-electron chi connectivity index (χ0n) is 45.4. The largest absolute Gasteiger partial charge is 0.456 e. The zero-order chi connectivity index (χ0) is 54.8. The molecule has 16 aromatic carbocycles. The van der Waals surface area contributed by atoms with Gasteiger partial charge >= 0.3 is 0 Å². The Morgan fingerprint density at radius 2 is 0.554 bits per heavy atom. The summed E-state index contributed by atoms with van der Waals surface area (Å²) in [6.07, 6.45) is 0. The molecule has 386 valence electrons. The maximum absolute atomic E-state index is 6.50. The predicted octanol–water partition coefficient (Wildman–Crippen LogP) is 23.3. The van der Waals surface area contributed by atoms with Crippen LogP contribution in [0, 0.1) is 0 Å². The highest BCUT2D eigenvalue weighted by atomic mass is 16.3. The van der Waals surface area contributed by atoms with Crippen molar-refractivity contribution in [2.75, 3.05) is 0 Å². The molecule has 1 heteroatoms. The minimum absolute atomic E-state index is 0.913. The smallest absolute Gasteiger partial charge is 0.136 e.